The quantitative estimate of drug-likeness (QED) is 0.853. The molecule has 4 rings (SSSR count). The Morgan fingerprint density at radius 3 is 2.15 bits per heavy atom. The van der Waals surface area contributed by atoms with Crippen molar-refractivity contribution in [3.8, 4) is 0 Å². The molecule has 20 heavy (non-hydrogen) atoms. The summed E-state index contributed by atoms with van der Waals surface area (Å²) in [6.07, 6.45) is 5.57. The fourth-order valence-electron chi connectivity index (χ4n) is 5.83. The molecule has 2 saturated carbocycles. The first-order chi connectivity index (χ1) is 9.47. The summed E-state index contributed by atoms with van der Waals surface area (Å²) in [5.41, 5.74) is 6.38. The van der Waals surface area contributed by atoms with E-state index in [0.717, 1.165) is 35.6 Å². The first-order valence-electron chi connectivity index (χ1n) is 9.00. The molecule has 0 aromatic rings. The molecule has 0 aromatic heterocycles. The smallest absolute Gasteiger partial charge is 0.0158 e. The topological polar surface area (TPSA) is 29.3 Å². The lowest BCUT2D eigenvalue weighted by Gasteiger charge is -2.66. The molecule has 2 nitrogen and oxygen atoms in total. The third-order valence-electron chi connectivity index (χ3n) is 7.20. The number of hydrogen-bond donors (Lipinski definition) is 1. The van der Waals surface area contributed by atoms with Crippen LogP contribution in [0.15, 0.2) is 0 Å². The third-order valence-corrected chi connectivity index (χ3v) is 7.20. The number of hydrogen-bond acceptors (Lipinski definition) is 2. The Bertz CT molecular complexity index is 339. The Labute approximate surface area is 125 Å². The molecule has 4 aliphatic rings. The van der Waals surface area contributed by atoms with Crippen molar-refractivity contribution in [3.63, 3.8) is 0 Å². The first kappa shape index (κ1) is 14.8. The van der Waals surface area contributed by atoms with Gasteiger partial charge in [0.1, 0.15) is 0 Å². The Hall–Kier alpha value is -0.0800. The van der Waals surface area contributed by atoms with Crippen LogP contribution in [0.4, 0.5) is 0 Å². The summed E-state index contributed by atoms with van der Waals surface area (Å²) in [6, 6.07) is 2.72. The molecular formula is C18H34N2. The SMILES string of the molecule is CCCC(C)C1CC(C)[C@H]1N1C(C)C2CC(C2N)C1C. The zero-order chi connectivity index (χ0) is 14.6. The summed E-state index contributed by atoms with van der Waals surface area (Å²) in [7, 11) is 0. The number of nitrogens with zero attached hydrogens (tertiary/aromatic N) is 1. The van der Waals surface area contributed by atoms with Gasteiger partial charge in [0.25, 0.3) is 0 Å². The van der Waals surface area contributed by atoms with E-state index >= 15 is 0 Å². The van der Waals surface area contributed by atoms with Crippen LogP contribution in [0.25, 0.3) is 0 Å². The zero-order valence-electron chi connectivity index (χ0n) is 14.0. The van der Waals surface area contributed by atoms with Crippen LogP contribution in [0.2, 0.25) is 0 Å². The second kappa shape index (κ2) is 5.28. The molecule has 2 aliphatic carbocycles. The molecule has 2 aliphatic heterocycles. The summed E-state index contributed by atoms with van der Waals surface area (Å²) in [5.74, 6) is 4.26. The van der Waals surface area contributed by atoms with E-state index in [-0.39, 0.29) is 0 Å². The van der Waals surface area contributed by atoms with Crippen molar-refractivity contribution < 1.29 is 0 Å². The van der Waals surface area contributed by atoms with Gasteiger partial charge in [-0.1, -0.05) is 33.6 Å². The second-order valence-electron chi connectivity index (χ2n) is 8.20. The molecule has 2 N–H and O–H groups in total. The van der Waals surface area contributed by atoms with Gasteiger partial charge < -0.3 is 5.73 Å². The molecule has 0 spiro atoms. The Balaban J connectivity index is 1.74. The van der Waals surface area contributed by atoms with E-state index in [1.54, 1.807) is 0 Å². The Morgan fingerprint density at radius 2 is 1.70 bits per heavy atom. The average molecular weight is 278 g/mol. The lowest BCUT2D eigenvalue weighted by molar-refractivity contribution is -0.157. The predicted molar refractivity (Wildman–Crippen MR) is 85.5 cm³/mol. The largest absolute Gasteiger partial charge is 0.327 e. The normalized spacial score (nSPS) is 53.1. The van der Waals surface area contributed by atoms with Gasteiger partial charge in [0.05, 0.1) is 0 Å². The third kappa shape index (κ3) is 1.98. The van der Waals surface area contributed by atoms with Crippen LogP contribution in [-0.4, -0.2) is 29.1 Å². The summed E-state index contributed by atoms with van der Waals surface area (Å²) in [5, 5.41) is 0. The number of rotatable bonds is 4. The van der Waals surface area contributed by atoms with Crippen molar-refractivity contribution >= 4 is 0 Å². The highest BCUT2D eigenvalue weighted by Crippen LogP contribution is 2.53. The van der Waals surface area contributed by atoms with Gasteiger partial charge in [-0.15, -0.1) is 0 Å². The Morgan fingerprint density at radius 1 is 1.10 bits per heavy atom. The maximum absolute atomic E-state index is 6.38. The van der Waals surface area contributed by atoms with Crippen molar-refractivity contribution in [2.24, 2.45) is 35.3 Å². The molecule has 116 valence electrons. The number of nitrogens with two attached hydrogens (primary N) is 1. The van der Waals surface area contributed by atoms with E-state index in [9.17, 15) is 0 Å². The molecule has 2 saturated heterocycles. The second-order valence-corrected chi connectivity index (χ2v) is 8.20. The summed E-state index contributed by atoms with van der Waals surface area (Å²) in [4.78, 5) is 2.90. The van der Waals surface area contributed by atoms with Crippen molar-refractivity contribution in [2.75, 3.05) is 0 Å². The van der Waals surface area contributed by atoms with Crippen molar-refractivity contribution in [2.45, 2.75) is 84.5 Å². The number of fused-ring (bicyclic) bond motifs is 2. The molecule has 0 radical (unpaired) electrons. The van der Waals surface area contributed by atoms with Gasteiger partial charge in [-0.2, -0.15) is 0 Å². The highest BCUT2D eigenvalue weighted by atomic mass is 15.3. The predicted octanol–water partition coefficient (Wildman–Crippen LogP) is 3.50. The van der Waals surface area contributed by atoms with Gasteiger partial charge in [-0.3, -0.25) is 4.90 Å². The van der Waals surface area contributed by atoms with E-state index in [4.69, 9.17) is 5.73 Å². The molecule has 0 aromatic carbocycles. The fourth-order valence-corrected chi connectivity index (χ4v) is 5.83. The van der Waals surface area contributed by atoms with Crippen molar-refractivity contribution in [3.05, 3.63) is 0 Å². The van der Waals surface area contributed by atoms with Gasteiger partial charge in [0.2, 0.25) is 0 Å². The maximum atomic E-state index is 6.38. The minimum absolute atomic E-state index is 0.484. The number of piperidine rings is 2. The highest BCUT2D eigenvalue weighted by Gasteiger charge is 2.57. The van der Waals surface area contributed by atoms with Crippen LogP contribution in [0.1, 0.15) is 60.3 Å². The fraction of sp³-hybridized carbons (Fsp3) is 1.00. The molecule has 4 fully saturated rings. The molecule has 2 heteroatoms. The lowest BCUT2D eigenvalue weighted by Crippen LogP contribution is -2.74. The minimum atomic E-state index is 0.484. The summed E-state index contributed by atoms with van der Waals surface area (Å²) in [6.45, 7) is 12.2. The minimum Gasteiger partial charge on any atom is -0.327 e. The van der Waals surface area contributed by atoms with Gasteiger partial charge in [0, 0.05) is 24.2 Å². The van der Waals surface area contributed by atoms with Crippen LogP contribution in [0.3, 0.4) is 0 Å². The summed E-state index contributed by atoms with van der Waals surface area (Å²) >= 11 is 0. The molecule has 2 bridgehead atoms. The van der Waals surface area contributed by atoms with Crippen LogP contribution < -0.4 is 5.73 Å². The first-order valence-corrected chi connectivity index (χ1v) is 9.00. The van der Waals surface area contributed by atoms with E-state index in [1.165, 1.54) is 25.7 Å². The Kier molecular flexibility index (Phi) is 3.92. The molecular weight excluding hydrogens is 244 g/mol. The standard InChI is InChI=1S/C18H34N2/c1-6-7-10(2)14-8-11(3)18(14)20-12(4)15-9-16(13(20)5)17(15)19/h10-18H,6-9,19H2,1-5H3/t10?,11?,12?,13?,14?,15?,16?,17?,18-/m1/s1. The van der Waals surface area contributed by atoms with Crippen molar-refractivity contribution in [1.82, 2.24) is 4.90 Å². The molecule has 0 amide bonds. The zero-order valence-corrected chi connectivity index (χ0v) is 14.0. The van der Waals surface area contributed by atoms with E-state index in [0.29, 0.717) is 18.1 Å². The molecule has 8 atom stereocenters. The van der Waals surface area contributed by atoms with E-state index < -0.39 is 0 Å². The summed E-state index contributed by atoms with van der Waals surface area (Å²) < 4.78 is 0. The van der Waals surface area contributed by atoms with Crippen molar-refractivity contribution in [1.29, 1.82) is 0 Å². The molecule has 7 unspecified atom stereocenters. The van der Waals surface area contributed by atoms with Gasteiger partial charge >= 0.3 is 0 Å². The highest BCUT2D eigenvalue weighted by molar-refractivity contribution is 5.12. The molecule has 2 heterocycles. The van der Waals surface area contributed by atoms with Crippen LogP contribution >= 0.6 is 0 Å². The lowest BCUT2D eigenvalue weighted by atomic mass is 9.56. The van der Waals surface area contributed by atoms with E-state index in [1.807, 2.05) is 0 Å². The van der Waals surface area contributed by atoms with Gasteiger partial charge in [-0.25, -0.2) is 0 Å². The van der Waals surface area contributed by atoms with Crippen LogP contribution in [-0.2, 0) is 0 Å². The van der Waals surface area contributed by atoms with Gasteiger partial charge in [0.15, 0.2) is 0 Å². The van der Waals surface area contributed by atoms with Crippen LogP contribution in [0.5, 0.6) is 0 Å². The van der Waals surface area contributed by atoms with Gasteiger partial charge in [-0.05, 0) is 56.3 Å². The monoisotopic (exact) mass is 278 g/mol. The van der Waals surface area contributed by atoms with E-state index in [2.05, 4.69) is 39.5 Å². The average Bonchev–Trinajstić information content (AvgIpc) is 2.38. The van der Waals surface area contributed by atoms with Crippen LogP contribution in [0, 0.1) is 29.6 Å². The maximum Gasteiger partial charge on any atom is 0.0158 e.